The SMILES string of the molecule is OC(c1ccccc1)c1nc2ncncc2[nH]1. The third kappa shape index (κ3) is 1.76. The minimum Gasteiger partial charge on any atom is -0.380 e. The summed E-state index contributed by atoms with van der Waals surface area (Å²) in [4.78, 5) is 15.1. The molecule has 3 rings (SSSR count). The molecule has 2 heterocycles. The summed E-state index contributed by atoms with van der Waals surface area (Å²) in [7, 11) is 0. The van der Waals surface area contributed by atoms with E-state index in [1.807, 2.05) is 30.3 Å². The minimum absolute atomic E-state index is 0.478. The predicted molar refractivity (Wildman–Crippen MR) is 62.2 cm³/mol. The molecule has 17 heavy (non-hydrogen) atoms. The van der Waals surface area contributed by atoms with E-state index in [9.17, 15) is 5.11 Å². The average molecular weight is 226 g/mol. The van der Waals surface area contributed by atoms with E-state index in [0.29, 0.717) is 11.5 Å². The highest BCUT2D eigenvalue weighted by molar-refractivity contribution is 5.68. The molecule has 84 valence electrons. The van der Waals surface area contributed by atoms with Crippen molar-refractivity contribution in [1.82, 2.24) is 19.9 Å². The van der Waals surface area contributed by atoms with Crippen molar-refractivity contribution in [2.24, 2.45) is 0 Å². The molecule has 1 aromatic carbocycles. The summed E-state index contributed by atoms with van der Waals surface area (Å²) in [6.07, 6.45) is 2.30. The highest BCUT2D eigenvalue weighted by atomic mass is 16.3. The van der Waals surface area contributed by atoms with Gasteiger partial charge in [-0.1, -0.05) is 30.3 Å². The number of aliphatic hydroxyl groups is 1. The Kier molecular flexibility index (Phi) is 2.31. The third-order valence-electron chi connectivity index (χ3n) is 2.55. The molecule has 0 spiro atoms. The van der Waals surface area contributed by atoms with Gasteiger partial charge >= 0.3 is 0 Å². The minimum atomic E-state index is -0.773. The molecular weight excluding hydrogens is 216 g/mol. The van der Waals surface area contributed by atoms with Gasteiger partial charge < -0.3 is 10.1 Å². The van der Waals surface area contributed by atoms with E-state index in [0.717, 1.165) is 11.1 Å². The molecule has 0 radical (unpaired) electrons. The molecule has 5 nitrogen and oxygen atoms in total. The largest absolute Gasteiger partial charge is 0.380 e. The standard InChI is InChI=1S/C12H10N4O/c17-10(8-4-2-1-3-5-8)12-15-9-6-13-7-14-11(9)16-12/h1-7,10,17H,(H,13,14,15,16). The molecule has 3 aromatic rings. The van der Waals surface area contributed by atoms with Crippen LogP contribution < -0.4 is 0 Å². The van der Waals surface area contributed by atoms with Gasteiger partial charge in [0.05, 0.1) is 6.20 Å². The molecule has 1 unspecified atom stereocenters. The molecule has 1 atom stereocenters. The van der Waals surface area contributed by atoms with Gasteiger partial charge in [-0.25, -0.2) is 15.0 Å². The van der Waals surface area contributed by atoms with Gasteiger partial charge in [0.15, 0.2) is 5.65 Å². The molecule has 0 bridgehead atoms. The average Bonchev–Trinajstić information content (AvgIpc) is 2.82. The maximum atomic E-state index is 10.2. The second-order valence-electron chi connectivity index (χ2n) is 3.70. The van der Waals surface area contributed by atoms with Crippen molar-refractivity contribution in [3.63, 3.8) is 0 Å². The van der Waals surface area contributed by atoms with Gasteiger partial charge in [0, 0.05) is 0 Å². The number of hydrogen-bond donors (Lipinski definition) is 2. The van der Waals surface area contributed by atoms with Crippen LogP contribution in [0.5, 0.6) is 0 Å². The first-order chi connectivity index (χ1) is 8.34. The van der Waals surface area contributed by atoms with Crippen molar-refractivity contribution in [3.05, 3.63) is 54.2 Å². The van der Waals surface area contributed by atoms with Crippen molar-refractivity contribution < 1.29 is 5.11 Å². The monoisotopic (exact) mass is 226 g/mol. The van der Waals surface area contributed by atoms with Gasteiger partial charge in [0.1, 0.15) is 23.8 Å². The van der Waals surface area contributed by atoms with E-state index >= 15 is 0 Å². The Morgan fingerprint density at radius 2 is 2.00 bits per heavy atom. The number of nitrogens with one attached hydrogen (secondary N) is 1. The maximum Gasteiger partial charge on any atom is 0.180 e. The van der Waals surface area contributed by atoms with Gasteiger partial charge in [-0.3, -0.25) is 0 Å². The van der Waals surface area contributed by atoms with Crippen LogP contribution in [0.25, 0.3) is 11.2 Å². The van der Waals surface area contributed by atoms with Crippen molar-refractivity contribution in [2.45, 2.75) is 6.10 Å². The number of H-pyrrole nitrogens is 1. The Morgan fingerprint density at radius 3 is 2.76 bits per heavy atom. The topological polar surface area (TPSA) is 74.7 Å². The number of benzene rings is 1. The number of fused-ring (bicyclic) bond motifs is 1. The normalized spacial score (nSPS) is 12.8. The van der Waals surface area contributed by atoms with Crippen molar-refractivity contribution in [1.29, 1.82) is 0 Å². The lowest BCUT2D eigenvalue weighted by Gasteiger charge is -2.06. The molecule has 2 aromatic heterocycles. The zero-order valence-electron chi connectivity index (χ0n) is 8.91. The molecule has 0 saturated carbocycles. The van der Waals surface area contributed by atoms with Crippen molar-refractivity contribution in [3.8, 4) is 0 Å². The van der Waals surface area contributed by atoms with Crippen LogP contribution in [-0.4, -0.2) is 25.0 Å². The fourth-order valence-corrected chi connectivity index (χ4v) is 1.70. The molecule has 0 aliphatic heterocycles. The molecule has 0 amide bonds. The number of aromatic nitrogens is 4. The van der Waals surface area contributed by atoms with Gasteiger partial charge in [-0.05, 0) is 5.56 Å². The Balaban J connectivity index is 2.04. The first kappa shape index (κ1) is 9.92. The predicted octanol–water partition coefficient (Wildman–Crippen LogP) is 1.43. The second-order valence-corrected chi connectivity index (χ2v) is 3.70. The van der Waals surface area contributed by atoms with Gasteiger partial charge in [0.2, 0.25) is 0 Å². The fraction of sp³-hybridized carbons (Fsp3) is 0.0833. The number of aliphatic hydroxyl groups excluding tert-OH is 1. The molecular formula is C12H10N4O. The third-order valence-corrected chi connectivity index (χ3v) is 2.55. The van der Waals surface area contributed by atoms with Gasteiger partial charge in [0.25, 0.3) is 0 Å². The quantitative estimate of drug-likeness (QED) is 0.693. The molecule has 0 fully saturated rings. The van der Waals surface area contributed by atoms with Crippen LogP contribution >= 0.6 is 0 Å². The van der Waals surface area contributed by atoms with E-state index in [1.54, 1.807) is 6.20 Å². The van der Waals surface area contributed by atoms with Crippen LogP contribution in [-0.2, 0) is 0 Å². The highest BCUT2D eigenvalue weighted by Crippen LogP contribution is 2.20. The van der Waals surface area contributed by atoms with Gasteiger partial charge in [-0.2, -0.15) is 0 Å². The summed E-state index contributed by atoms with van der Waals surface area (Å²) in [6.45, 7) is 0. The summed E-state index contributed by atoms with van der Waals surface area (Å²) in [5.41, 5.74) is 2.07. The first-order valence-electron chi connectivity index (χ1n) is 5.23. The molecule has 0 aliphatic carbocycles. The zero-order chi connectivity index (χ0) is 11.7. The Bertz CT molecular complexity index is 602. The van der Waals surface area contributed by atoms with E-state index < -0.39 is 6.10 Å². The van der Waals surface area contributed by atoms with Crippen molar-refractivity contribution >= 4 is 11.2 Å². The number of hydrogen-bond acceptors (Lipinski definition) is 4. The van der Waals surface area contributed by atoms with E-state index in [2.05, 4.69) is 19.9 Å². The summed E-state index contributed by atoms with van der Waals surface area (Å²) in [6, 6.07) is 9.36. The number of rotatable bonds is 2. The Hall–Kier alpha value is -2.27. The van der Waals surface area contributed by atoms with E-state index in [-0.39, 0.29) is 0 Å². The summed E-state index contributed by atoms with van der Waals surface area (Å²) >= 11 is 0. The number of imidazole rings is 1. The Morgan fingerprint density at radius 1 is 1.18 bits per heavy atom. The number of aromatic amines is 1. The summed E-state index contributed by atoms with van der Waals surface area (Å²) in [5.74, 6) is 0.478. The lowest BCUT2D eigenvalue weighted by Crippen LogP contribution is -2.01. The second kappa shape index (κ2) is 3.95. The molecule has 0 aliphatic rings. The van der Waals surface area contributed by atoms with Crippen LogP contribution in [0.1, 0.15) is 17.5 Å². The van der Waals surface area contributed by atoms with Crippen LogP contribution in [0.15, 0.2) is 42.9 Å². The van der Waals surface area contributed by atoms with Crippen LogP contribution in [0.3, 0.4) is 0 Å². The van der Waals surface area contributed by atoms with Crippen molar-refractivity contribution in [2.75, 3.05) is 0 Å². The molecule has 5 heteroatoms. The van der Waals surface area contributed by atoms with Crippen LogP contribution in [0.2, 0.25) is 0 Å². The molecule has 2 N–H and O–H groups in total. The van der Waals surface area contributed by atoms with E-state index in [1.165, 1.54) is 6.33 Å². The fourth-order valence-electron chi connectivity index (χ4n) is 1.70. The van der Waals surface area contributed by atoms with E-state index in [4.69, 9.17) is 0 Å². The van der Waals surface area contributed by atoms with Crippen LogP contribution in [0.4, 0.5) is 0 Å². The lowest BCUT2D eigenvalue weighted by molar-refractivity contribution is 0.211. The van der Waals surface area contributed by atoms with Gasteiger partial charge in [-0.15, -0.1) is 0 Å². The zero-order valence-corrected chi connectivity index (χ0v) is 8.91. The van der Waals surface area contributed by atoms with Crippen LogP contribution in [0, 0.1) is 0 Å². The molecule has 0 saturated heterocycles. The summed E-state index contributed by atoms with van der Waals surface area (Å²) < 4.78 is 0. The smallest absolute Gasteiger partial charge is 0.180 e. The first-order valence-corrected chi connectivity index (χ1v) is 5.23. The number of nitrogens with zero attached hydrogens (tertiary/aromatic N) is 3. The highest BCUT2D eigenvalue weighted by Gasteiger charge is 2.14. The maximum absolute atomic E-state index is 10.2. The summed E-state index contributed by atoms with van der Waals surface area (Å²) in [5, 5.41) is 10.2. The Labute approximate surface area is 97.2 Å². The lowest BCUT2D eigenvalue weighted by atomic mass is 10.1.